The zero-order valence-electron chi connectivity index (χ0n) is 12.3. The summed E-state index contributed by atoms with van der Waals surface area (Å²) < 4.78 is 1.87. The number of rotatable bonds is 5. The maximum absolute atomic E-state index is 12.4. The fourth-order valence-corrected chi connectivity index (χ4v) is 2.88. The van der Waals surface area contributed by atoms with Gasteiger partial charge in [-0.3, -0.25) is 10.1 Å². The van der Waals surface area contributed by atoms with Gasteiger partial charge in [0.15, 0.2) is 5.13 Å². The van der Waals surface area contributed by atoms with Crippen molar-refractivity contribution in [2.45, 2.75) is 13.0 Å². The smallest absolute Gasteiger partial charge is 0.274 e. The molecule has 0 unspecified atom stereocenters. The first-order chi connectivity index (χ1) is 11.3. The minimum Gasteiger partial charge on any atom is -0.339 e. The molecule has 0 bridgehead atoms. The Morgan fingerprint density at radius 2 is 2.09 bits per heavy atom. The van der Waals surface area contributed by atoms with Crippen molar-refractivity contribution < 1.29 is 4.79 Å². The second kappa shape index (κ2) is 6.90. The third-order valence-corrected chi connectivity index (χ3v) is 4.13. The lowest BCUT2D eigenvalue weighted by Gasteiger charge is -2.11. The number of amides is 1. The molecule has 3 aromatic rings. The molecule has 23 heavy (non-hydrogen) atoms. The molecule has 6 heteroatoms. The summed E-state index contributed by atoms with van der Waals surface area (Å²) in [6.45, 7) is 0.547. The van der Waals surface area contributed by atoms with Gasteiger partial charge in [-0.2, -0.15) is 5.26 Å². The summed E-state index contributed by atoms with van der Waals surface area (Å²) >= 11 is 1.38. The van der Waals surface area contributed by atoms with Crippen LogP contribution in [0.3, 0.4) is 0 Å². The molecule has 0 fully saturated rings. The van der Waals surface area contributed by atoms with E-state index in [0.717, 1.165) is 11.1 Å². The summed E-state index contributed by atoms with van der Waals surface area (Å²) in [7, 11) is 0. The number of carbonyl (C=O) groups excluding carboxylic acids is 1. The van der Waals surface area contributed by atoms with E-state index in [4.69, 9.17) is 5.26 Å². The van der Waals surface area contributed by atoms with E-state index in [1.165, 1.54) is 11.3 Å². The van der Waals surface area contributed by atoms with Crippen LogP contribution in [0.1, 0.15) is 21.6 Å². The minimum absolute atomic E-state index is 0.192. The molecule has 0 aliphatic rings. The van der Waals surface area contributed by atoms with Crippen molar-refractivity contribution in [3.63, 3.8) is 0 Å². The summed E-state index contributed by atoms with van der Waals surface area (Å²) in [4.78, 5) is 16.4. The number of carbonyl (C=O) groups is 1. The van der Waals surface area contributed by atoms with E-state index >= 15 is 0 Å². The van der Waals surface area contributed by atoms with Crippen LogP contribution in [-0.4, -0.2) is 15.5 Å². The van der Waals surface area contributed by atoms with Gasteiger partial charge in [-0.15, -0.1) is 11.3 Å². The van der Waals surface area contributed by atoms with Crippen molar-refractivity contribution >= 4 is 22.4 Å². The van der Waals surface area contributed by atoms with Gasteiger partial charge in [0.25, 0.3) is 5.91 Å². The fraction of sp³-hybridized carbons (Fsp3) is 0.118. The largest absolute Gasteiger partial charge is 0.339 e. The number of nitrogens with one attached hydrogen (secondary N) is 1. The molecule has 1 N–H and O–H groups in total. The van der Waals surface area contributed by atoms with Gasteiger partial charge in [0, 0.05) is 24.3 Å². The average molecular weight is 322 g/mol. The average Bonchev–Trinajstić information content (AvgIpc) is 3.21. The van der Waals surface area contributed by atoms with E-state index in [1.807, 2.05) is 46.5 Å². The van der Waals surface area contributed by atoms with E-state index < -0.39 is 0 Å². The SMILES string of the molecule is N#CCc1ccccc1Cn1cccc1C(=O)Nc1nccs1. The molecule has 1 amide bonds. The lowest BCUT2D eigenvalue weighted by atomic mass is 10.1. The second-order valence-electron chi connectivity index (χ2n) is 4.92. The first kappa shape index (κ1) is 15.0. The normalized spacial score (nSPS) is 10.2. The topological polar surface area (TPSA) is 70.7 Å². The van der Waals surface area contributed by atoms with Crippen LogP contribution in [-0.2, 0) is 13.0 Å². The molecule has 0 atom stereocenters. The molecule has 0 saturated heterocycles. The molecule has 0 aliphatic carbocycles. The quantitative estimate of drug-likeness (QED) is 0.783. The van der Waals surface area contributed by atoms with Crippen molar-refractivity contribution in [1.29, 1.82) is 5.26 Å². The predicted molar refractivity (Wildman–Crippen MR) is 89.4 cm³/mol. The molecule has 1 aromatic carbocycles. The Labute approximate surface area is 137 Å². The summed E-state index contributed by atoms with van der Waals surface area (Å²) in [5.74, 6) is -0.192. The number of nitrogens with zero attached hydrogens (tertiary/aromatic N) is 3. The van der Waals surface area contributed by atoms with E-state index in [1.54, 1.807) is 12.3 Å². The standard InChI is InChI=1S/C17H14N4OS/c18-8-7-13-4-1-2-5-14(13)12-21-10-3-6-15(21)16(22)20-17-19-9-11-23-17/h1-6,9-11H,7,12H2,(H,19,20,22). The highest BCUT2D eigenvalue weighted by Crippen LogP contribution is 2.16. The monoisotopic (exact) mass is 322 g/mol. The molecular formula is C17H14N4OS. The van der Waals surface area contributed by atoms with Gasteiger partial charge in [0.05, 0.1) is 12.5 Å². The Hall–Kier alpha value is -2.91. The Bertz CT molecular complexity index is 846. The number of thiazole rings is 1. The van der Waals surface area contributed by atoms with Crippen LogP contribution in [0.15, 0.2) is 54.2 Å². The first-order valence-electron chi connectivity index (χ1n) is 7.07. The van der Waals surface area contributed by atoms with E-state index in [0.29, 0.717) is 23.8 Å². The van der Waals surface area contributed by atoms with E-state index in [-0.39, 0.29) is 5.91 Å². The van der Waals surface area contributed by atoms with Gasteiger partial charge in [-0.25, -0.2) is 4.98 Å². The molecule has 0 radical (unpaired) electrons. The molecule has 3 rings (SSSR count). The molecule has 0 saturated carbocycles. The molecule has 114 valence electrons. The highest BCUT2D eigenvalue weighted by atomic mass is 32.1. The van der Waals surface area contributed by atoms with Crippen LogP contribution in [0.2, 0.25) is 0 Å². The number of aromatic nitrogens is 2. The molecule has 2 aromatic heterocycles. The summed E-state index contributed by atoms with van der Waals surface area (Å²) in [6, 6.07) is 13.6. The van der Waals surface area contributed by atoms with Crippen LogP contribution in [0.5, 0.6) is 0 Å². The highest BCUT2D eigenvalue weighted by molar-refractivity contribution is 7.13. The van der Waals surface area contributed by atoms with Crippen LogP contribution < -0.4 is 5.32 Å². The number of anilines is 1. The minimum atomic E-state index is -0.192. The molecule has 5 nitrogen and oxygen atoms in total. The zero-order chi connectivity index (χ0) is 16.1. The van der Waals surface area contributed by atoms with Gasteiger partial charge >= 0.3 is 0 Å². The van der Waals surface area contributed by atoms with Crippen molar-refractivity contribution in [2.75, 3.05) is 5.32 Å². The molecule has 0 spiro atoms. The summed E-state index contributed by atoms with van der Waals surface area (Å²) in [5.41, 5.74) is 2.58. The van der Waals surface area contributed by atoms with Crippen LogP contribution in [0.25, 0.3) is 0 Å². The summed E-state index contributed by atoms with van der Waals surface area (Å²) in [6.07, 6.45) is 3.87. The zero-order valence-corrected chi connectivity index (χ0v) is 13.1. The Balaban J connectivity index is 1.82. The maximum atomic E-state index is 12.4. The Morgan fingerprint density at radius 3 is 2.83 bits per heavy atom. The van der Waals surface area contributed by atoms with Gasteiger partial charge in [0.1, 0.15) is 5.69 Å². The second-order valence-corrected chi connectivity index (χ2v) is 5.81. The number of nitriles is 1. The van der Waals surface area contributed by atoms with Crippen molar-refractivity contribution in [1.82, 2.24) is 9.55 Å². The Morgan fingerprint density at radius 1 is 1.26 bits per heavy atom. The van der Waals surface area contributed by atoms with Gasteiger partial charge in [-0.05, 0) is 23.3 Å². The van der Waals surface area contributed by atoms with E-state index in [2.05, 4.69) is 16.4 Å². The van der Waals surface area contributed by atoms with Crippen molar-refractivity contribution in [3.8, 4) is 6.07 Å². The fourth-order valence-electron chi connectivity index (χ4n) is 2.36. The Kier molecular flexibility index (Phi) is 4.50. The predicted octanol–water partition coefficient (Wildman–Crippen LogP) is 3.31. The van der Waals surface area contributed by atoms with Crippen molar-refractivity contribution in [2.24, 2.45) is 0 Å². The number of hydrogen-bond donors (Lipinski definition) is 1. The number of benzene rings is 1. The van der Waals surface area contributed by atoms with Crippen LogP contribution >= 0.6 is 11.3 Å². The molecule has 0 aliphatic heterocycles. The lowest BCUT2D eigenvalue weighted by molar-refractivity contribution is 0.101. The van der Waals surface area contributed by atoms with Gasteiger partial charge < -0.3 is 4.57 Å². The van der Waals surface area contributed by atoms with Gasteiger partial charge in [0.2, 0.25) is 0 Å². The van der Waals surface area contributed by atoms with Crippen LogP contribution in [0, 0.1) is 11.3 Å². The highest BCUT2D eigenvalue weighted by Gasteiger charge is 2.13. The van der Waals surface area contributed by atoms with Crippen molar-refractivity contribution in [3.05, 3.63) is 71.0 Å². The third kappa shape index (κ3) is 3.47. The molecule has 2 heterocycles. The maximum Gasteiger partial charge on any atom is 0.274 e. The lowest BCUT2D eigenvalue weighted by Crippen LogP contribution is -2.17. The van der Waals surface area contributed by atoms with E-state index in [9.17, 15) is 4.79 Å². The first-order valence-corrected chi connectivity index (χ1v) is 7.95. The number of hydrogen-bond acceptors (Lipinski definition) is 4. The van der Waals surface area contributed by atoms with Gasteiger partial charge in [-0.1, -0.05) is 24.3 Å². The summed E-state index contributed by atoms with van der Waals surface area (Å²) in [5, 5.41) is 14.1. The molecular weight excluding hydrogens is 308 g/mol. The van der Waals surface area contributed by atoms with Crippen LogP contribution in [0.4, 0.5) is 5.13 Å². The third-order valence-electron chi connectivity index (χ3n) is 3.44.